The summed E-state index contributed by atoms with van der Waals surface area (Å²) < 4.78 is 14.0. The number of aromatic nitrogens is 6. The van der Waals surface area contributed by atoms with E-state index in [1.54, 1.807) is 40.0 Å². The van der Waals surface area contributed by atoms with E-state index in [-0.39, 0.29) is 24.3 Å². The summed E-state index contributed by atoms with van der Waals surface area (Å²) >= 11 is 0. The van der Waals surface area contributed by atoms with E-state index in [0.29, 0.717) is 24.5 Å². The van der Waals surface area contributed by atoms with Crippen molar-refractivity contribution >= 4 is 11.9 Å². The van der Waals surface area contributed by atoms with Crippen molar-refractivity contribution in [3.05, 3.63) is 94.6 Å². The van der Waals surface area contributed by atoms with Gasteiger partial charge in [0.2, 0.25) is 0 Å². The second-order valence-electron chi connectivity index (χ2n) is 7.36. The standard InChI is InChI=1S/C22H18N6O4/c29-21-17-2-1-3-18(8-17)22(30)32-14-20-12-28(26-24-20)10-16-6-4-15(5-7-16)9-27-11-19(13-31-21)23-25-27/h1-8,11-12H,9-10,13-14H2. The molecule has 2 aromatic heterocycles. The quantitative estimate of drug-likeness (QED) is 0.389. The van der Waals surface area contributed by atoms with Gasteiger partial charge in [-0.25, -0.2) is 19.0 Å². The zero-order valence-electron chi connectivity index (χ0n) is 16.9. The monoisotopic (exact) mass is 430 g/mol. The van der Waals surface area contributed by atoms with E-state index in [1.165, 1.54) is 6.07 Å². The average molecular weight is 430 g/mol. The van der Waals surface area contributed by atoms with E-state index >= 15 is 0 Å². The van der Waals surface area contributed by atoms with Crippen LogP contribution in [0.1, 0.15) is 43.2 Å². The molecule has 0 atom stereocenters. The Morgan fingerprint density at radius 1 is 0.688 bits per heavy atom. The van der Waals surface area contributed by atoms with Gasteiger partial charge in [0.25, 0.3) is 0 Å². The average Bonchev–Trinajstić information content (AvgIpc) is 3.46. The van der Waals surface area contributed by atoms with Crippen molar-refractivity contribution in [2.24, 2.45) is 0 Å². The lowest BCUT2D eigenvalue weighted by Crippen LogP contribution is -2.09. The Hall–Kier alpha value is -4.34. The predicted octanol–water partition coefficient (Wildman–Crippen LogP) is 1.99. The van der Waals surface area contributed by atoms with Gasteiger partial charge in [-0.05, 0) is 29.3 Å². The van der Waals surface area contributed by atoms with Crippen LogP contribution in [0.2, 0.25) is 0 Å². The summed E-state index contributed by atoms with van der Waals surface area (Å²) in [6, 6.07) is 14.2. The maximum Gasteiger partial charge on any atom is 0.338 e. The summed E-state index contributed by atoms with van der Waals surface area (Å²) in [7, 11) is 0. The maximum absolute atomic E-state index is 12.4. The van der Waals surface area contributed by atoms with Gasteiger partial charge in [0.05, 0.1) is 36.6 Å². The molecular weight excluding hydrogens is 412 g/mol. The highest BCUT2D eigenvalue weighted by molar-refractivity contribution is 5.95. The maximum atomic E-state index is 12.4. The molecule has 0 saturated carbocycles. The fourth-order valence-electron chi connectivity index (χ4n) is 3.31. The number of benzene rings is 2. The largest absolute Gasteiger partial charge is 0.455 e. The minimum Gasteiger partial charge on any atom is -0.455 e. The SMILES string of the molecule is O=C1OCc2cn(nn2)Cc2ccc(cc2)Cn2cc(nn2)COC(=O)c2cccc1c2. The summed E-state index contributed by atoms with van der Waals surface area (Å²) in [5.74, 6) is -1.14. The molecule has 0 unspecified atom stereocenters. The Kier molecular flexibility index (Phi) is 5.16. The number of hydrogen-bond donors (Lipinski definition) is 0. The minimum atomic E-state index is -0.571. The van der Waals surface area contributed by atoms with E-state index in [2.05, 4.69) is 20.6 Å². The second kappa shape index (κ2) is 8.42. The highest BCUT2D eigenvalue weighted by Gasteiger charge is 2.15. The second-order valence-corrected chi connectivity index (χ2v) is 7.36. The first-order valence-electron chi connectivity index (χ1n) is 9.92. The molecule has 0 fully saturated rings. The van der Waals surface area contributed by atoms with Gasteiger partial charge in [-0.3, -0.25) is 0 Å². The molecule has 2 aliphatic rings. The van der Waals surface area contributed by atoms with Crippen molar-refractivity contribution in [2.45, 2.75) is 26.3 Å². The number of fused-ring (bicyclic) bond motifs is 6. The topological polar surface area (TPSA) is 114 Å². The summed E-state index contributed by atoms with van der Waals surface area (Å²) in [5, 5.41) is 16.3. The first-order valence-corrected chi connectivity index (χ1v) is 9.92. The number of ether oxygens (including phenoxy) is 2. The molecule has 0 N–H and O–H groups in total. The Morgan fingerprint density at radius 2 is 1.16 bits per heavy atom. The van der Waals surface area contributed by atoms with Crippen LogP contribution in [0.5, 0.6) is 0 Å². The van der Waals surface area contributed by atoms with Gasteiger partial charge in [0, 0.05) is 0 Å². The number of nitrogens with zero attached hydrogens (tertiary/aromatic N) is 6. The summed E-state index contributed by atoms with van der Waals surface area (Å²) in [6.45, 7) is 1.02. The molecule has 0 saturated heterocycles. The van der Waals surface area contributed by atoms with Crippen molar-refractivity contribution in [2.75, 3.05) is 0 Å². The smallest absolute Gasteiger partial charge is 0.338 e. The third-order valence-corrected chi connectivity index (χ3v) is 4.92. The highest BCUT2D eigenvalue weighted by atomic mass is 16.5. The molecule has 10 nitrogen and oxygen atoms in total. The molecule has 8 bridgehead atoms. The van der Waals surface area contributed by atoms with Gasteiger partial charge < -0.3 is 9.47 Å². The van der Waals surface area contributed by atoms with Crippen LogP contribution in [0.3, 0.4) is 0 Å². The first kappa shape index (κ1) is 19.6. The molecule has 10 heteroatoms. The van der Waals surface area contributed by atoms with Crippen LogP contribution in [0, 0.1) is 0 Å². The van der Waals surface area contributed by atoms with Gasteiger partial charge in [0.15, 0.2) is 0 Å². The lowest BCUT2D eigenvalue weighted by molar-refractivity contribution is 0.0465. The highest BCUT2D eigenvalue weighted by Crippen LogP contribution is 2.12. The number of esters is 2. The normalized spacial score (nSPS) is 14.4. The number of hydrogen-bond acceptors (Lipinski definition) is 8. The van der Waals surface area contributed by atoms with E-state index in [1.807, 2.05) is 24.3 Å². The molecule has 6 rings (SSSR count). The van der Waals surface area contributed by atoms with Crippen molar-refractivity contribution in [1.82, 2.24) is 30.0 Å². The number of rotatable bonds is 0. The van der Waals surface area contributed by atoms with Crippen molar-refractivity contribution in [3.63, 3.8) is 0 Å². The van der Waals surface area contributed by atoms with Crippen LogP contribution >= 0.6 is 0 Å². The Balaban J connectivity index is 1.43. The molecule has 2 aliphatic heterocycles. The van der Waals surface area contributed by atoms with Gasteiger partial charge in [-0.15, -0.1) is 10.2 Å². The van der Waals surface area contributed by atoms with Gasteiger partial charge in [0.1, 0.15) is 24.6 Å². The Morgan fingerprint density at radius 3 is 1.62 bits per heavy atom. The molecule has 4 aromatic rings. The minimum absolute atomic E-state index is 0.0264. The van der Waals surface area contributed by atoms with E-state index in [9.17, 15) is 9.59 Å². The lowest BCUT2D eigenvalue weighted by Gasteiger charge is -2.06. The molecule has 2 aromatic carbocycles. The van der Waals surface area contributed by atoms with Gasteiger partial charge >= 0.3 is 11.9 Å². The molecule has 160 valence electrons. The molecular formula is C22H18N6O4. The first-order chi connectivity index (χ1) is 15.6. The van der Waals surface area contributed by atoms with Crippen molar-refractivity contribution < 1.29 is 19.1 Å². The van der Waals surface area contributed by atoms with Crippen molar-refractivity contribution in [1.29, 1.82) is 0 Å². The van der Waals surface area contributed by atoms with Crippen LogP contribution in [-0.2, 0) is 35.8 Å². The van der Waals surface area contributed by atoms with Gasteiger partial charge in [-0.1, -0.05) is 40.8 Å². The van der Waals surface area contributed by atoms with Crippen molar-refractivity contribution in [3.8, 4) is 0 Å². The zero-order valence-corrected chi connectivity index (χ0v) is 16.9. The molecule has 0 aliphatic carbocycles. The van der Waals surface area contributed by atoms with Gasteiger partial charge in [-0.2, -0.15) is 0 Å². The fraction of sp³-hybridized carbons (Fsp3) is 0.182. The Bertz CT molecular complexity index is 1180. The summed E-state index contributed by atoms with van der Waals surface area (Å²) in [5.41, 5.74) is 3.63. The number of carbonyl (C=O) groups is 2. The fourth-order valence-corrected chi connectivity index (χ4v) is 3.31. The zero-order chi connectivity index (χ0) is 21.9. The van der Waals surface area contributed by atoms with Crippen LogP contribution in [-0.4, -0.2) is 41.9 Å². The third-order valence-electron chi connectivity index (χ3n) is 4.92. The van der Waals surface area contributed by atoms with Crippen LogP contribution in [0.4, 0.5) is 0 Å². The molecule has 0 radical (unpaired) electrons. The summed E-state index contributed by atoms with van der Waals surface area (Å²) in [6.07, 6.45) is 3.46. The third kappa shape index (κ3) is 4.38. The van der Waals surface area contributed by atoms with E-state index < -0.39 is 11.9 Å². The Labute approximate surface area is 182 Å². The summed E-state index contributed by atoms with van der Waals surface area (Å²) in [4.78, 5) is 24.9. The number of carbonyl (C=O) groups excluding carboxylic acids is 2. The van der Waals surface area contributed by atoms with Crippen LogP contribution in [0.15, 0.2) is 60.9 Å². The van der Waals surface area contributed by atoms with Crippen LogP contribution < -0.4 is 0 Å². The predicted molar refractivity (Wildman–Crippen MR) is 109 cm³/mol. The van der Waals surface area contributed by atoms with Crippen LogP contribution in [0.25, 0.3) is 0 Å². The molecule has 4 heterocycles. The van der Waals surface area contributed by atoms with E-state index in [4.69, 9.17) is 9.47 Å². The molecule has 32 heavy (non-hydrogen) atoms. The molecule has 0 spiro atoms. The lowest BCUT2D eigenvalue weighted by atomic mass is 10.1. The molecule has 0 amide bonds. The van der Waals surface area contributed by atoms with E-state index in [0.717, 1.165) is 11.1 Å².